The maximum atomic E-state index is 12.2. The summed E-state index contributed by atoms with van der Waals surface area (Å²) in [7, 11) is 0. The molecule has 1 aliphatic rings. The fourth-order valence-electron chi connectivity index (χ4n) is 2.32. The molecule has 6 nitrogen and oxygen atoms in total. The lowest BCUT2D eigenvalue weighted by Gasteiger charge is -2.14. The molecule has 18 heavy (non-hydrogen) atoms. The van der Waals surface area contributed by atoms with E-state index in [9.17, 15) is 4.79 Å². The molecule has 0 aromatic carbocycles. The van der Waals surface area contributed by atoms with E-state index in [0.29, 0.717) is 23.9 Å². The molecule has 6 heteroatoms. The van der Waals surface area contributed by atoms with Crippen LogP contribution in [0.4, 0.5) is 0 Å². The second-order valence-electron chi connectivity index (χ2n) is 4.57. The minimum atomic E-state index is -0.0612. The van der Waals surface area contributed by atoms with E-state index < -0.39 is 0 Å². The first-order valence-electron chi connectivity index (χ1n) is 5.96. The number of aromatic amines is 1. The van der Waals surface area contributed by atoms with E-state index in [1.165, 1.54) is 0 Å². The molecule has 0 saturated carbocycles. The normalized spacial score (nSPS) is 19.4. The summed E-state index contributed by atoms with van der Waals surface area (Å²) in [6.45, 7) is 3.22. The molecule has 1 saturated heterocycles. The van der Waals surface area contributed by atoms with E-state index in [4.69, 9.17) is 4.52 Å². The lowest BCUT2D eigenvalue weighted by Crippen LogP contribution is -2.28. The van der Waals surface area contributed by atoms with Crippen molar-refractivity contribution in [1.82, 2.24) is 20.3 Å². The van der Waals surface area contributed by atoms with E-state index in [1.54, 1.807) is 19.2 Å². The lowest BCUT2D eigenvalue weighted by molar-refractivity contribution is 0.0780. The number of rotatable bonds is 2. The fraction of sp³-hybridized carbons (Fsp3) is 0.417. The van der Waals surface area contributed by atoms with Crippen LogP contribution < -0.4 is 0 Å². The van der Waals surface area contributed by atoms with Gasteiger partial charge in [0.1, 0.15) is 5.76 Å². The Kier molecular flexibility index (Phi) is 2.62. The number of nitrogens with one attached hydrogen (secondary N) is 1. The SMILES string of the molecule is Cc1cc(C(=O)N2CC[C@H](c3ccn[nH]3)C2)no1. The van der Waals surface area contributed by atoms with Crippen LogP contribution in [0.5, 0.6) is 0 Å². The Labute approximate surface area is 104 Å². The Morgan fingerprint density at radius 1 is 1.61 bits per heavy atom. The molecule has 2 aromatic rings. The Bertz CT molecular complexity index is 546. The van der Waals surface area contributed by atoms with E-state index in [1.807, 2.05) is 11.0 Å². The van der Waals surface area contributed by atoms with E-state index in [0.717, 1.165) is 18.7 Å². The number of hydrogen-bond donors (Lipinski definition) is 1. The van der Waals surface area contributed by atoms with Gasteiger partial charge >= 0.3 is 0 Å². The Morgan fingerprint density at radius 3 is 3.17 bits per heavy atom. The molecule has 0 spiro atoms. The first-order valence-corrected chi connectivity index (χ1v) is 5.96. The fourth-order valence-corrected chi connectivity index (χ4v) is 2.32. The molecule has 1 aliphatic heterocycles. The Hall–Kier alpha value is -2.11. The molecule has 1 amide bonds. The van der Waals surface area contributed by atoms with Gasteiger partial charge in [0.15, 0.2) is 5.69 Å². The minimum Gasteiger partial charge on any atom is -0.361 e. The van der Waals surface area contributed by atoms with Crippen LogP contribution >= 0.6 is 0 Å². The number of amides is 1. The number of carbonyl (C=O) groups excluding carboxylic acids is 1. The van der Waals surface area contributed by atoms with Crippen molar-refractivity contribution in [2.24, 2.45) is 0 Å². The van der Waals surface area contributed by atoms with Crippen molar-refractivity contribution in [3.05, 3.63) is 35.5 Å². The number of aromatic nitrogens is 3. The molecule has 3 rings (SSSR count). The van der Waals surface area contributed by atoms with Crippen LogP contribution in [0.15, 0.2) is 22.9 Å². The summed E-state index contributed by atoms with van der Waals surface area (Å²) >= 11 is 0. The standard InChI is InChI=1S/C12H14N4O2/c1-8-6-11(15-18-8)12(17)16-5-3-9(7-16)10-2-4-13-14-10/h2,4,6,9H,3,5,7H2,1H3,(H,13,14)/t9-/m0/s1. The van der Waals surface area contributed by atoms with Gasteiger partial charge in [-0.3, -0.25) is 9.89 Å². The van der Waals surface area contributed by atoms with Crippen molar-refractivity contribution < 1.29 is 9.32 Å². The number of likely N-dealkylation sites (tertiary alicyclic amines) is 1. The van der Waals surface area contributed by atoms with Crippen LogP contribution in [0.1, 0.15) is 34.3 Å². The van der Waals surface area contributed by atoms with Crippen molar-refractivity contribution in [3.8, 4) is 0 Å². The molecule has 0 aliphatic carbocycles. The number of nitrogens with zero attached hydrogens (tertiary/aromatic N) is 3. The molecule has 0 unspecified atom stereocenters. The Morgan fingerprint density at radius 2 is 2.50 bits per heavy atom. The van der Waals surface area contributed by atoms with Crippen LogP contribution in [0.3, 0.4) is 0 Å². The number of hydrogen-bond acceptors (Lipinski definition) is 4. The number of H-pyrrole nitrogens is 1. The molecule has 1 fully saturated rings. The van der Waals surface area contributed by atoms with Gasteiger partial charge in [-0.2, -0.15) is 5.10 Å². The third-order valence-corrected chi connectivity index (χ3v) is 3.28. The summed E-state index contributed by atoms with van der Waals surface area (Å²) in [4.78, 5) is 14.0. The van der Waals surface area contributed by atoms with Crippen molar-refractivity contribution in [1.29, 1.82) is 0 Å². The molecule has 0 bridgehead atoms. The molecular formula is C12H14N4O2. The minimum absolute atomic E-state index is 0.0612. The zero-order valence-electron chi connectivity index (χ0n) is 10.1. The molecule has 1 N–H and O–H groups in total. The summed E-state index contributed by atoms with van der Waals surface area (Å²) in [5.41, 5.74) is 1.47. The van der Waals surface area contributed by atoms with Gasteiger partial charge in [0.2, 0.25) is 0 Å². The first kappa shape index (κ1) is 11.0. The second kappa shape index (κ2) is 4.29. The number of aryl methyl sites for hydroxylation is 1. The molecule has 0 radical (unpaired) electrons. The first-order chi connectivity index (χ1) is 8.74. The lowest BCUT2D eigenvalue weighted by atomic mass is 10.1. The average Bonchev–Trinajstić information content (AvgIpc) is 3.09. The van der Waals surface area contributed by atoms with Crippen LogP contribution in [0.2, 0.25) is 0 Å². The summed E-state index contributed by atoms with van der Waals surface area (Å²) in [5.74, 6) is 0.931. The van der Waals surface area contributed by atoms with Gasteiger partial charge in [0.25, 0.3) is 5.91 Å². The smallest absolute Gasteiger partial charge is 0.276 e. The predicted octanol–water partition coefficient (Wildman–Crippen LogP) is 1.34. The van der Waals surface area contributed by atoms with Crippen molar-refractivity contribution >= 4 is 5.91 Å². The van der Waals surface area contributed by atoms with Crippen LogP contribution in [0.25, 0.3) is 0 Å². The van der Waals surface area contributed by atoms with Crippen LogP contribution in [-0.2, 0) is 0 Å². The highest BCUT2D eigenvalue weighted by Gasteiger charge is 2.29. The van der Waals surface area contributed by atoms with Crippen LogP contribution in [0, 0.1) is 6.92 Å². The van der Waals surface area contributed by atoms with Gasteiger partial charge in [-0.1, -0.05) is 5.16 Å². The maximum Gasteiger partial charge on any atom is 0.276 e. The monoisotopic (exact) mass is 246 g/mol. The van der Waals surface area contributed by atoms with E-state index >= 15 is 0 Å². The summed E-state index contributed by atoms with van der Waals surface area (Å²) in [6.07, 6.45) is 2.69. The van der Waals surface area contributed by atoms with Gasteiger partial charge in [-0.25, -0.2) is 0 Å². The van der Waals surface area contributed by atoms with Gasteiger partial charge in [-0.15, -0.1) is 0 Å². The maximum absolute atomic E-state index is 12.2. The topological polar surface area (TPSA) is 75.0 Å². The van der Waals surface area contributed by atoms with E-state index in [2.05, 4.69) is 15.4 Å². The summed E-state index contributed by atoms with van der Waals surface area (Å²) in [5, 5.41) is 10.7. The number of carbonyl (C=O) groups is 1. The van der Waals surface area contributed by atoms with Gasteiger partial charge < -0.3 is 9.42 Å². The zero-order chi connectivity index (χ0) is 12.5. The summed E-state index contributed by atoms with van der Waals surface area (Å²) in [6, 6.07) is 3.63. The zero-order valence-corrected chi connectivity index (χ0v) is 10.1. The highest BCUT2D eigenvalue weighted by molar-refractivity contribution is 5.92. The van der Waals surface area contributed by atoms with Gasteiger partial charge in [0, 0.05) is 37.0 Å². The van der Waals surface area contributed by atoms with Crippen molar-refractivity contribution in [2.45, 2.75) is 19.3 Å². The third-order valence-electron chi connectivity index (χ3n) is 3.28. The molecule has 2 aromatic heterocycles. The molecular weight excluding hydrogens is 232 g/mol. The predicted molar refractivity (Wildman–Crippen MR) is 63.1 cm³/mol. The molecule has 3 heterocycles. The second-order valence-corrected chi connectivity index (χ2v) is 4.57. The Balaban J connectivity index is 1.70. The summed E-state index contributed by atoms with van der Waals surface area (Å²) < 4.78 is 4.93. The highest BCUT2D eigenvalue weighted by atomic mass is 16.5. The molecule has 1 atom stereocenters. The van der Waals surface area contributed by atoms with Crippen molar-refractivity contribution in [2.75, 3.05) is 13.1 Å². The average molecular weight is 246 g/mol. The van der Waals surface area contributed by atoms with Crippen LogP contribution in [-0.4, -0.2) is 39.3 Å². The quantitative estimate of drug-likeness (QED) is 0.867. The van der Waals surface area contributed by atoms with Gasteiger partial charge in [0.05, 0.1) is 0 Å². The molecule has 94 valence electrons. The van der Waals surface area contributed by atoms with Crippen molar-refractivity contribution in [3.63, 3.8) is 0 Å². The third kappa shape index (κ3) is 1.90. The largest absolute Gasteiger partial charge is 0.361 e. The van der Waals surface area contributed by atoms with Gasteiger partial charge in [-0.05, 0) is 19.4 Å². The van der Waals surface area contributed by atoms with E-state index in [-0.39, 0.29) is 5.91 Å². The highest BCUT2D eigenvalue weighted by Crippen LogP contribution is 2.26.